The van der Waals surface area contributed by atoms with Crippen molar-refractivity contribution in [2.45, 2.75) is 38.6 Å². The third kappa shape index (κ3) is 4.05. The van der Waals surface area contributed by atoms with Crippen molar-refractivity contribution in [2.24, 2.45) is 10.7 Å². The quantitative estimate of drug-likeness (QED) is 0.623. The highest BCUT2D eigenvalue weighted by Gasteiger charge is 2.28. The summed E-state index contributed by atoms with van der Waals surface area (Å²) in [4.78, 5) is 6.06. The van der Waals surface area contributed by atoms with Gasteiger partial charge in [0.1, 0.15) is 5.84 Å². The summed E-state index contributed by atoms with van der Waals surface area (Å²) in [5, 5.41) is 0. The van der Waals surface area contributed by atoms with Gasteiger partial charge in [0.2, 0.25) is 0 Å². The number of fused-ring (bicyclic) bond motifs is 1. The number of aromatic nitrogens is 1. The van der Waals surface area contributed by atoms with Gasteiger partial charge < -0.3 is 10.3 Å². The molecule has 1 aromatic carbocycles. The summed E-state index contributed by atoms with van der Waals surface area (Å²) >= 11 is 1.86. The molecule has 1 atom stereocenters. The Balaban J connectivity index is 0.00000210. The highest BCUT2D eigenvalue weighted by atomic mass is 35.5. The molecule has 0 amide bonds. The van der Waals surface area contributed by atoms with Gasteiger partial charge in [-0.25, -0.2) is 0 Å². The molecule has 0 bridgehead atoms. The first kappa shape index (κ1) is 19.9. The average molecular weight is 416 g/mol. The molecule has 0 spiro atoms. The fraction of sp³-hybridized carbons (Fsp3) is 0.286. The summed E-state index contributed by atoms with van der Waals surface area (Å²) in [6, 6.07) is 17.4. The molecule has 0 saturated carbocycles. The maximum atomic E-state index is 6.37. The molecule has 4 rings (SSSR count). The third-order valence-corrected chi connectivity index (χ3v) is 9.67. The number of nitrogens with zero attached hydrogens (tertiary/aromatic N) is 2. The number of hydrogen-bond acceptors (Lipinski definition) is 3. The van der Waals surface area contributed by atoms with Gasteiger partial charge in [-0.05, 0) is 33.8 Å². The Kier molecular flexibility index (Phi) is 5.65. The lowest BCUT2D eigenvalue weighted by Gasteiger charge is -2.21. The van der Waals surface area contributed by atoms with Crippen LogP contribution in [0.25, 0.3) is 0 Å². The minimum absolute atomic E-state index is 0. The molecule has 2 N–H and O–H groups in total. The molecule has 142 valence electrons. The second kappa shape index (κ2) is 7.66. The van der Waals surface area contributed by atoms with Crippen LogP contribution in [-0.4, -0.2) is 18.5 Å². The normalized spacial score (nSPS) is 16.4. The van der Waals surface area contributed by atoms with Crippen molar-refractivity contribution in [1.29, 1.82) is 0 Å². The van der Waals surface area contributed by atoms with E-state index in [1.165, 1.54) is 26.2 Å². The zero-order valence-electron chi connectivity index (χ0n) is 16.0. The van der Waals surface area contributed by atoms with Crippen LogP contribution in [-0.2, 0) is 13.0 Å². The van der Waals surface area contributed by atoms with E-state index < -0.39 is 8.07 Å². The minimum Gasteiger partial charge on any atom is -0.383 e. The van der Waals surface area contributed by atoms with Crippen LogP contribution in [0.1, 0.15) is 27.7 Å². The van der Waals surface area contributed by atoms with E-state index in [1.54, 1.807) is 0 Å². The number of benzene rings is 1. The van der Waals surface area contributed by atoms with Gasteiger partial charge in [0.15, 0.2) is 0 Å². The molecule has 3 heterocycles. The molecule has 6 heteroatoms. The summed E-state index contributed by atoms with van der Waals surface area (Å²) in [7, 11) is -1.33. The van der Waals surface area contributed by atoms with Crippen molar-refractivity contribution >= 4 is 42.2 Å². The molecule has 27 heavy (non-hydrogen) atoms. The van der Waals surface area contributed by atoms with Crippen molar-refractivity contribution in [3.05, 3.63) is 76.4 Å². The second-order valence-electron chi connectivity index (χ2n) is 8.00. The Labute approximate surface area is 172 Å². The van der Waals surface area contributed by atoms with Crippen molar-refractivity contribution in [1.82, 2.24) is 4.57 Å². The van der Waals surface area contributed by atoms with Crippen molar-refractivity contribution in [3.63, 3.8) is 0 Å². The fourth-order valence-corrected chi connectivity index (χ4v) is 6.46. The standard InChI is InChI=1S/C21H25N3SSi.ClH/c1-26(2,3)19-13-16-12-17(23-21(22)20(16)25-19)18-10-7-11-24(18)14-15-8-5-4-6-9-15;/h4-11,13,17H,12,14H2,1-3H3,(H2,22,23);1H. The lowest BCUT2D eigenvalue weighted by Crippen LogP contribution is -2.34. The summed E-state index contributed by atoms with van der Waals surface area (Å²) in [6.07, 6.45) is 3.08. The maximum absolute atomic E-state index is 6.37. The van der Waals surface area contributed by atoms with Gasteiger partial charge in [-0.15, -0.1) is 23.7 Å². The zero-order valence-corrected chi connectivity index (χ0v) is 18.6. The van der Waals surface area contributed by atoms with Crippen molar-refractivity contribution < 1.29 is 0 Å². The topological polar surface area (TPSA) is 43.3 Å². The monoisotopic (exact) mass is 415 g/mol. The van der Waals surface area contributed by atoms with Crippen LogP contribution in [0.5, 0.6) is 0 Å². The van der Waals surface area contributed by atoms with Crippen LogP contribution in [0.4, 0.5) is 0 Å². The summed E-state index contributed by atoms with van der Waals surface area (Å²) in [5.74, 6) is 0.707. The van der Waals surface area contributed by atoms with Gasteiger partial charge >= 0.3 is 0 Å². The van der Waals surface area contributed by atoms with E-state index in [-0.39, 0.29) is 18.4 Å². The summed E-state index contributed by atoms with van der Waals surface area (Å²) < 4.78 is 3.81. The predicted molar refractivity (Wildman–Crippen MR) is 122 cm³/mol. The molecule has 1 aliphatic rings. The minimum atomic E-state index is -1.33. The first-order valence-corrected chi connectivity index (χ1v) is 13.4. The van der Waals surface area contributed by atoms with Crippen molar-refractivity contribution in [3.8, 4) is 0 Å². The Morgan fingerprint density at radius 2 is 1.89 bits per heavy atom. The Morgan fingerprint density at radius 3 is 2.59 bits per heavy atom. The van der Waals surface area contributed by atoms with Gasteiger partial charge in [0, 0.05) is 24.9 Å². The predicted octanol–water partition coefficient (Wildman–Crippen LogP) is 4.57. The summed E-state index contributed by atoms with van der Waals surface area (Å²) in [6.45, 7) is 8.03. The number of hydrogen-bond donors (Lipinski definition) is 1. The molecule has 3 nitrogen and oxygen atoms in total. The van der Waals surface area contributed by atoms with Gasteiger partial charge in [-0.1, -0.05) is 50.0 Å². The Bertz CT molecular complexity index is 953. The molecule has 0 fully saturated rings. The first-order chi connectivity index (χ1) is 12.4. The van der Waals surface area contributed by atoms with Gasteiger partial charge in [0.05, 0.1) is 19.0 Å². The van der Waals surface area contributed by atoms with Crippen LogP contribution in [0.2, 0.25) is 19.6 Å². The fourth-order valence-electron chi connectivity index (χ4n) is 3.47. The third-order valence-electron chi connectivity index (χ3n) is 4.89. The Hall–Kier alpha value is -1.82. The smallest absolute Gasteiger partial charge is 0.136 e. The SMILES string of the molecule is C[Si](C)(C)c1cc2c(s1)C(N)=NC(c1cccn1Cc1ccccc1)C2.Cl. The van der Waals surface area contributed by atoms with Crippen LogP contribution in [0, 0.1) is 0 Å². The van der Waals surface area contributed by atoms with E-state index in [2.05, 4.69) is 78.9 Å². The lowest BCUT2D eigenvalue weighted by molar-refractivity contribution is 0.628. The second-order valence-corrected chi connectivity index (χ2v) is 14.4. The van der Waals surface area contributed by atoms with E-state index >= 15 is 0 Å². The highest BCUT2D eigenvalue weighted by Crippen LogP contribution is 2.32. The molecule has 3 aromatic rings. The number of amidine groups is 1. The number of nitrogens with two attached hydrogens (primary N) is 1. The number of halogens is 1. The summed E-state index contributed by atoms with van der Waals surface area (Å²) in [5.41, 5.74) is 10.3. The van der Waals surface area contributed by atoms with E-state index in [9.17, 15) is 0 Å². The molecule has 2 aromatic heterocycles. The van der Waals surface area contributed by atoms with Crippen LogP contribution < -0.4 is 10.2 Å². The van der Waals surface area contributed by atoms with E-state index in [0.717, 1.165) is 13.0 Å². The first-order valence-electron chi connectivity index (χ1n) is 9.07. The van der Waals surface area contributed by atoms with E-state index in [0.29, 0.717) is 5.84 Å². The van der Waals surface area contributed by atoms with Crippen LogP contribution in [0.15, 0.2) is 59.7 Å². The van der Waals surface area contributed by atoms with Crippen LogP contribution >= 0.6 is 23.7 Å². The molecule has 1 aliphatic heterocycles. The van der Waals surface area contributed by atoms with Crippen LogP contribution in [0.3, 0.4) is 0 Å². The largest absolute Gasteiger partial charge is 0.383 e. The van der Waals surface area contributed by atoms with E-state index in [4.69, 9.17) is 10.7 Å². The zero-order chi connectivity index (χ0) is 18.3. The van der Waals surface area contributed by atoms with E-state index in [1.807, 2.05) is 11.3 Å². The number of thiophene rings is 1. The highest BCUT2D eigenvalue weighted by molar-refractivity contribution is 7.27. The average Bonchev–Trinajstić information content (AvgIpc) is 3.22. The lowest BCUT2D eigenvalue weighted by atomic mass is 10.0. The van der Waals surface area contributed by atoms with Crippen molar-refractivity contribution in [2.75, 3.05) is 0 Å². The van der Waals surface area contributed by atoms with Gasteiger partial charge in [0.25, 0.3) is 0 Å². The van der Waals surface area contributed by atoms with Gasteiger partial charge in [-0.3, -0.25) is 4.99 Å². The maximum Gasteiger partial charge on any atom is 0.136 e. The molecule has 0 radical (unpaired) electrons. The molecular formula is C21H26ClN3SSi. The molecule has 1 unspecified atom stereocenters. The van der Waals surface area contributed by atoms with Gasteiger partial charge in [-0.2, -0.15) is 0 Å². The molecule has 0 saturated heterocycles. The Morgan fingerprint density at radius 1 is 1.15 bits per heavy atom. The molecule has 0 aliphatic carbocycles. The number of rotatable bonds is 4. The molecular weight excluding hydrogens is 390 g/mol. The number of aliphatic imine (C=N–C) groups is 1.